The molecule has 2 atom stereocenters. The summed E-state index contributed by atoms with van der Waals surface area (Å²) < 4.78 is 104. The zero-order valence-corrected chi connectivity index (χ0v) is 56.5. The minimum Gasteiger partial charge on any atom is -0.756 e. The van der Waals surface area contributed by atoms with Crippen molar-refractivity contribution in [2.24, 2.45) is 0 Å². The summed E-state index contributed by atoms with van der Waals surface area (Å²) in [5, 5.41) is 2.40. The van der Waals surface area contributed by atoms with Gasteiger partial charge in [0, 0.05) is 26.5 Å². The molecule has 0 aromatic rings. The minimum absolute atomic E-state index is 0. The van der Waals surface area contributed by atoms with E-state index >= 15 is 0 Å². The normalized spacial score (nSPS) is 12.5. The van der Waals surface area contributed by atoms with Crippen molar-refractivity contribution in [2.75, 3.05) is 192 Å². The number of methoxy groups -OCH3 is 1. The van der Waals surface area contributed by atoms with E-state index in [0.717, 1.165) is 38.5 Å². The summed E-state index contributed by atoms with van der Waals surface area (Å²) in [5.41, 5.74) is 0. The Hall–Kier alpha value is -2.20. The molecule has 25 heteroatoms. The molecule has 0 aromatic carbocycles. The van der Waals surface area contributed by atoms with E-state index in [0.29, 0.717) is 152 Å². The van der Waals surface area contributed by atoms with Crippen molar-refractivity contribution in [2.45, 2.75) is 200 Å². The van der Waals surface area contributed by atoms with Crippen LogP contribution in [0.15, 0.2) is 0 Å². The maximum atomic E-state index is 12.8. The summed E-state index contributed by atoms with van der Waals surface area (Å²) in [4.78, 5) is 50.2. The Morgan fingerprint density at radius 1 is 0.352 bits per heavy atom. The molecule has 526 valence electrons. The number of carbonyl (C=O) groups excluding carboxylic acids is 3. The lowest BCUT2D eigenvalue weighted by atomic mass is 10.0. The van der Waals surface area contributed by atoms with Gasteiger partial charge in [0.1, 0.15) is 13.2 Å². The van der Waals surface area contributed by atoms with Crippen LogP contribution in [-0.4, -0.2) is 216 Å². The number of phosphoric acid groups is 1. The Morgan fingerprint density at radius 3 is 0.955 bits per heavy atom. The van der Waals surface area contributed by atoms with Gasteiger partial charge in [-0.2, -0.15) is 0 Å². The summed E-state index contributed by atoms with van der Waals surface area (Å²) in [6.45, 7) is 13.1. The summed E-state index contributed by atoms with van der Waals surface area (Å²) in [6.07, 6.45) is 29.1. The van der Waals surface area contributed by atoms with Gasteiger partial charge < -0.3 is 96.5 Å². The van der Waals surface area contributed by atoms with Crippen molar-refractivity contribution in [3.8, 4) is 0 Å². The van der Waals surface area contributed by atoms with Crippen molar-refractivity contribution in [3.63, 3.8) is 0 Å². The number of alkyl carbamates (subject to hydrolysis) is 1. The molecule has 0 aliphatic carbocycles. The Bertz CT molecular complexity index is 1480. The topological polar surface area (TPSA) is 297 Å². The zero-order chi connectivity index (χ0) is 63.1. The zero-order valence-electron chi connectivity index (χ0n) is 55.6. The second kappa shape index (κ2) is 73.8. The number of ether oxygens (including phenoxy) is 15. The molecule has 5 N–H and O–H groups in total. The number of nitrogens with one attached hydrogen (secondary N) is 1. The lowest BCUT2D eigenvalue weighted by Gasteiger charge is -2.25. The fraction of sp³-hybridized carbons (Fsp3) is 0.952. The van der Waals surface area contributed by atoms with E-state index in [1.807, 2.05) is 0 Å². The highest BCUT2D eigenvalue weighted by atomic mass is 31.2. The molecule has 1 amide bonds. The SMILES string of the molecule is CCCCCCCCCCCCCCCC(=O)OC[C@H](COP(=O)([O-])OCCNC(=O)OCCOCCOCCOCCOCCOCCOCCOCCOCCOCCOCCOCCOC)OC(=O)CCCCCCCCCCCCCCC.[NH4+]. The van der Waals surface area contributed by atoms with Crippen molar-refractivity contribution in [1.82, 2.24) is 11.5 Å². The number of hydrogen-bond donors (Lipinski definition) is 2. The van der Waals surface area contributed by atoms with Gasteiger partial charge in [-0.1, -0.05) is 168 Å². The van der Waals surface area contributed by atoms with Crippen molar-refractivity contribution >= 4 is 25.9 Å². The number of quaternary nitrogens is 1. The van der Waals surface area contributed by atoms with Crippen LogP contribution in [0, 0.1) is 0 Å². The standard InChI is InChI=1S/C63H124NO22P.H3N/c1-4-6-8-10-12-14-16-18-20-22-24-26-28-30-61(65)83-58-60(86-62(66)31-29-27-25-23-21-19-17-15-13-11-9-7-5-2)59-85-87(68,69)84-33-32-64-63(67)82-57-56-81-55-54-80-53-52-79-51-50-78-49-48-77-47-46-76-45-44-75-43-42-74-41-40-73-39-38-72-37-36-71-35-34-70-3;/h60H,4-59H2,1-3H3,(H,64,67)(H,68,69);1H3/t60-;/m1./s1. The first-order chi connectivity index (χ1) is 42.7. The van der Waals surface area contributed by atoms with Gasteiger partial charge in [-0.25, -0.2) is 4.79 Å². The van der Waals surface area contributed by atoms with E-state index in [4.69, 9.17) is 80.1 Å². The molecule has 0 aromatic heterocycles. The van der Waals surface area contributed by atoms with Gasteiger partial charge in [-0.05, 0) is 12.8 Å². The van der Waals surface area contributed by atoms with Crippen molar-refractivity contribution < 1.29 is 104 Å². The van der Waals surface area contributed by atoms with Crippen LogP contribution >= 0.6 is 7.82 Å². The van der Waals surface area contributed by atoms with Gasteiger partial charge >= 0.3 is 18.0 Å². The molecular weight excluding hydrogens is 1170 g/mol. The van der Waals surface area contributed by atoms with Gasteiger partial charge in [0.15, 0.2) is 6.10 Å². The molecule has 0 saturated carbocycles. The molecule has 1 unspecified atom stereocenters. The number of amides is 1. The van der Waals surface area contributed by atoms with Crippen molar-refractivity contribution in [3.05, 3.63) is 0 Å². The first kappa shape index (κ1) is 87.9. The maximum Gasteiger partial charge on any atom is 0.407 e. The molecule has 0 aliphatic heterocycles. The first-order valence-electron chi connectivity index (χ1n) is 33.4. The van der Waals surface area contributed by atoms with Gasteiger partial charge in [0.05, 0.1) is 165 Å². The highest BCUT2D eigenvalue weighted by molar-refractivity contribution is 7.45. The van der Waals surface area contributed by atoms with Crippen LogP contribution in [0.3, 0.4) is 0 Å². The molecule has 24 nitrogen and oxygen atoms in total. The number of unbranched alkanes of at least 4 members (excludes halogenated alkanes) is 24. The second-order valence-electron chi connectivity index (χ2n) is 21.1. The van der Waals surface area contributed by atoms with E-state index in [-0.39, 0.29) is 52.0 Å². The second-order valence-corrected chi connectivity index (χ2v) is 22.6. The maximum absolute atomic E-state index is 12.8. The lowest BCUT2D eigenvalue weighted by Crippen LogP contribution is -2.31. The molecule has 0 rings (SSSR count). The summed E-state index contributed by atoms with van der Waals surface area (Å²) in [5.74, 6) is -0.968. The summed E-state index contributed by atoms with van der Waals surface area (Å²) in [7, 11) is -3.26. The van der Waals surface area contributed by atoms with Crippen LogP contribution in [0.2, 0.25) is 0 Å². The molecule has 0 bridgehead atoms. The molecule has 0 fully saturated rings. The molecule has 88 heavy (non-hydrogen) atoms. The smallest absolute Gasteiger partial charge is 0.407 e. The van der Waals surface area contributed by atoms with E-state index < -0.39 is 45.2 Å². The number of rotatable bonds is 74. The predicted molar refractivity (Wildman–Crippen MR) is 337 cm³/mol. The summed E-state index contributed by atoms with van der Waals surface area (Å²) in [6, 6.07) is 0. The van der Waals surface area contributed by atoms with Crippen LogP contribution in [-0.2, 0) is 94.3 Å². The predicted octanol–water partition coefficient (Wildman–Crippen LogP) is 10.8. The monoisotopic (exact) mass is 1290 g/mol. The van der Waals surface area contributed by atoms with E-state index in [9.17, 15) is 23.8 Å². The third-order valence-corrected chi connectivity index (χ3v) is 14.3. The Balaban J connectivity index is 0. The van der Waals surface area contributed by atoms with Gasteiger partial charge in [0.25, 0.3) is 7.82 Å². The van der Waals surface area contributed by atoms with E-state index in [1.165, 1.54) is 116 Å². The lowest BCUT2D eigenvalue weighted by molar-refractivity contribution is -0.228. The highest BCUT2D eigenvalue weighted by Gasteiger charge is 2.21. The third-order valence-electron chi connectivity index (χ3n) is 13.3. The number of carbonyl (C=O) groups is 3. The fourth-order valence-electron chi connectivity index (χ4n) is 8.40. The molecule has 0 saturated heterocycles. The molecule has 0 heterocycles. The van der Waals surface area contributed by atoms with Gasteiger partial charge in [-0.3, -0.25) is 14.2 Å². The fourth-order valence-corrected chi connectivity index (χ4v) is 9.14. The summed E-state index contributed by atoms with van der Waals surface area (Å²) >= 11 is 0. The molecule has 0 aliphatic rings. The Morgan fingerprint density at radius 2 is 0.636 bits per heavy atom. The number of esters is 2. The highest BCUT2D eigenvalue weighted by Crippen LogP contribution is 2.38. The average molecular weight is 1300 g/mol. The molecule has 0 radical (unpaired) electrons. The quantitative estimate of drug-likeness (QED) is 0.0247. The van der Waals surface area contributed by atoms with Gasteiger partial charge in [-0.15, -0.1) is 0 Å². The van der Waals surface area contributed by atoms with Crippen LogP contribution in [0.4, 0.5) is 4.79 Å². The Kier molecular flexibility index (Phi) is 73.7. The van der Waals surface area contributed by atoms with E-state index in [2.05, 4.69) is 19.2 Å². The molecular formula is C63H127N2O22P. The van der Waals surface area contributed by atoms with Crippen LogP contribution in [0.1, 0.15) is 194 Å². The number of hydrogen-bond acceptors (Lipinski definition) is 22. The van der Waals surface area contributed by atoms with E-state index in [1.54, 1.807) is 7.11 Å². The first-order valence-corrected chi connectivity index (χ1v) is 34.9. The van der Waals surface area contributed by atoms with Crippen LogP contribution < -0.4 is 16.4 Å². The molecule has 0 spiro atoms. The minimum atomic E-state index is -4.90. The Labute approximate surface area is 531 Å². The van der Waals surface area contributed by atoms with Crippen LogP contribution in [0.5, 0.6) is 0 Å². The largest absolute Gasteiger partial charge is 0.756 e. The number of phosphoric ester groups is 1. The van der Waals surface area contributed by atoms with Crippen LogP contribution in [0.25, 0.3) is 0 Å². The van der Waals surface area contributed by atoms with Crippen molar-refractivity contribution in [1.29, 1.82) is 0 Å². The average Bonchev–Trinajstić information content (AvgIpc) is 3.53. The third kappa shape index (κ3) is 72.9. The van der Waals surface area contributed by atoms with Gasteiger partial charge in [0.2, 0.25) is 0 Å².